The molecule has 10 heteroatoms. The minimum atomic E-state index is -5.05. The predicted octanol–water partition coefficient (Wildman–Crippen LogP) is 5.23. The van der Waals surface area contributed by atoms with Crippen LogP contribution < -0.4 is 5.32 Å². The van der Waals surface area contributed by atoms with Crippen molar-refractivity contribution in [1.29, 1.82) is 0 Å². The molecule has 0 heterocycles. The highest BCUT2D eigenvalue weighted by molar-refractivity contribution is 5.86. The maximum absolute atomic E-state index is 13.0. The van der Waals surface area contributed by atoms with Gasteiger partial charge in [0.1, 0.15) is 6.04 Å². The Hall–Kier alpha value is -3.56. The van der Waals surface area contributed by atoms with Crippen LogP contribution in [0.1, 0.15) is 22.3 Å². The lowest BCUT2D eigenvalue weighted by atomic mass is 10.0. The number of amides is 1. The third-order valence-corrected chi connectivity index (χ3v) is 4.90. The molecule has 0 aliphatic heterocycles. The van der Waals surface area contributed by atoms with Crippen LogP contribution in [-0.4, -0.2) is 23.0 Å². The molecule has 33 heavy (non-hydrogen) atoms. The molecular formula is C23H17F6NO3. The largest absolute Gasteiger partial charge is 0.480 e. The first-order valence-corrected chi connectivity index (χ1v) is 9.61. The molecule has 2 N–H and O–H groups in total. The molecule has 0 unspecified atom stereocenters. The van der Waals surface area contributed by atoms with Gasteiger partial charge in [0.2, 0.25) is 5.91 Å². The fraction of sp³-hybridized carbons (Fsp3) is 0.217. The molecule has 0 aliphatic carbocycles. The van der Waals surface area contributed by atoms with E-state index in [9.17, 15) is 41.0 Å². The molecule has 0 radical (unpaired) electrons. The number of rotatable bonds is 6. The van der Waals surface area contributed by atoms with Gasteiger partial charge < -0.3 is 10.4 Å². The molecule has 1 atom stereocenters. The summed E-state index contributed by atoms with van der Waals surface area (Å²) < 4.78 is 78.0. The molecule has 3 aromatic rings. The SMILES string of the molecule is O=C(Cc1cc(C(F)(F)F)cc(C(F)(F)F)c1)N[C@@H](Cc1ccc2ccccc2c1)C(=O)O. The van der Waals surface area contributed by atoms with Gasteiger partial charge in [0.15, 0.2) is 0 Å². The number of fused-ring (bicyclic) bond motifs is 1. The van der Waals surface area contributed by atoms with Crippen LogP contribution >= 0.6 is 0 Å². The molecular weight excluding hydrogens is 452 g/mol. The van der Waals surface area contributed by atoms with Crippen molar-refractivity contribution in [2.24, 2.45) is 0 Å². The lowest BCUT2D eigenvalue weighted by Crippen LogP contribution is -2.43. The Balaban J connectivity index is 1.79. The molecule has 0 saturated carbocycles. The van der Waals surface area contributed by atoms with Crippen LogP contribution in [0.4, 0.5) is 26.3 Å². The predicted molar refractivity (Wildman–Crippen MR) is 107 cm³/mol. The summed E-state index contributed by atoms with van der Waals surface area (Å²) in [5, 5.41) is 13.4. The highest BCUT2D eigenvalue weighted by Crippen LogP contribution is 2.36. The zero-order valence-electron chi connectivity index (χ0n) is 16.8. The summed E-state index contributed by atoms with van der Waals surface area (Å²) in [4.78, 5) is 23.9. The van der Waals surface area contributed by atoms with Crippen molar-refractivity contribution in [2.45, 2.75) is 31.2 Å². The first-order valence-electron chi connectivity index (χ1n) is 9.61. The van der Waals surface area contributed by atoms with Crippen molar-refractivity contribution in [3.63, 3.8) is 0 Å². The molecule has 0 spiro atoms. The summed E-state index contributed by atoms with van der Waals surface area (Å²) >= 11 is 0. The molecule has 1 amide bonds. The standard InChI is InChI=1S/C23H17F6NO3/c24-22(25,26)17-8-14(9-18(12-17)23(27,28)29)11-20(31)30-19(21(32)33)10-13-5-6-15-3-1-2-4-16(15)7-13/h1-9,12,19H,10-11H2,(H,30,31)(H,32,33)/t19-/m0/s1. The van der Waals surface area contributed by atoms with Gasteiger partial charge in [0.25, 0.3) is 0 Å². The van der Waals surface area contributed by atoms with E-state index in [1.54, 1.807) is 24.3 Å². The molecule has 3 rings (SSSR count). The maximum Gasteiger partial charge on any atom is 0.416 e. The van der Waals surface area contributed by atoms with Crippen LogP contribution in [0.3, 0.4) is 0 Å². The number of hydrogen-bond acceptors (Lipinski definition) is 2. The number of carboxylic acids is 1. The monoisotopic (exact) mass is 469 g/mol. The Kier molecular flexibility index (Phi) is 6.66. The van der Waals surface area contributed by atoms with Gasteiger partial charge in [0, 0.05) is 6.42 Å². The van der Waals surface area contributed by atoms with Gasteiger partial charge in [-0.3, -0.25) is 4.79 Å². The Labute approximate surface area is 183 Å². The number of carboxylic acid groups (broad SMARTS) is 1. The highest BCUT2D eigenvalue weighted by atomic mass is 19.4. The second-order valence-corrected chi connectivity index (χ2v) is 7.43. The number of carbonyl (C=O) groups excluding carboxylic acids is 1. The zero-order valence-corrected chi connectivity index (χ0v) is 16.8. The van der Waals surface area contributed by atoms with E-state index in [4.69, 9.17) is 0 Å². The minimum Gasteiger partial charge on any atom is -0.480 e. The number of benzene rings is 3. The summed E-state index contributed by atoms with van der Waals surface area (Å²) in [7, 11) is 0. The lowest BCUT2D eigenvalue weighted by molar-refractivity contribution is -0.143. The van der Waals surface area contributed by atoms with Crippen LogP contribution in [0.2, 0.25) is 0 Å². The van der Waals surface area contributed by atoms with Gasteiger partial charge in [-0.1, -0.05) is 42.5 Å². The Morgan fingerprint density at radius 1 is 0.788 bits per heavy atom. The summed E-state index contributed by atoms with van der Waals surface area (Å²) in [6.07, 6.45) is -11.1. The Bertz CT molecular complexity index is 1150. The van der Waals surface area contributed by atoms with E-state index in [1.165, 1.54) is 0 Å². The van der Waals surface area contributed by atoms with Crippen molar-refractivity contribution in [3.05, 3.63) is 82.9 Å². The van der Waals surface area contributed by atoms with E-state index in [2.05, 4.69) is 5.32 Å². The van der Waals surface area contributed by atoms with E-state index in [0.717, 1.165) is 10.8 Å². The van der Waals surface area contributed by atoms with Crippen LogP contribution in [0.15, 0.2) is 60.7 Å². The van der Waals surface area contributed by atoms with Gasteiger partial charge in [-0.2, -0.15) is 26.3 Å². The molecule has 4 nitrogen and oxygen atoms in total. The quantitative estimate of drug-likeness (QED) is 0.486. The zero-order chi connectivity index (χ0) is 24.4. The van der Waals surface area contributed by atoms with Crippen LogP contribution in [-0.2, 0) is 34.8 Å². The van der Waals surface area contributed by atoms with E-state index in [0.29, 0.717) is 17.7 Å². The molecule has 0 bridgehead atoms. The maximum atomic E-state index is 13.0. The number of hydrogen-bond donors (Lipinski definition) is 2. The van der Waals surface area contributed by atoms with Crippen molar-refractivity contribution in [1.82, 2.24) is 5.32 Å². The summed E-state index contributed by atoms with van der Waals surface area (Å²) in [5.74, 6) is -2.41. The summed E-state index contributed by atoms with van der Waals surface area (Å²) in [6.45, 7) is 0. The molecule has 0 aliphatic rings. The normalized spacial score (nSPS) is 13.0. The fourth-order valence-electron chi connectivity index (χ4n) is 3.35. The third kappa shape index (κ3) is 6.24. The molecule has 3 aromatic carbocycles. The van der Waals surface area contributed by atoms with Gasteiger partial charge in [-0.05, 0) is 40.1 Å². The molecule has 174 valence electrons. The van der Waals surface area contributed by atoms with Gasteiger partial charge in [0.05, 0.1) is 17.5 Å². The highest BCUT2D eigenvalue weighted by Gasteiger charge is 2.37. The second-order valence-electron chi connectivity index (χ2n) is 7.43. The average molecular weight is 469 g/mol. The smallest absolute Gasteiger partial charge is 0.416 e. The molecule has 0 fully saturated rings. The topological polar surface area (TPSA) is 66.4 Å². The number of carbonyl (C=O) groups is 2. The number of alkyl halides is 6. The van der Waals surface area contributed by atoms with Gasteiger partial charge in [-0.15, -0.1) is 0 Å². The van der Waals surface area contributed by atoms with Crippen LogP contribution in [0.5, 0.6) is 0 Å². The Morgan fingerprint density at radius 3 is 1.91 bits per heavy atom. The summed E-state index contributed by atoms with van der Waals surface area (Å²) in [5.41, 5.74) is -3.05. The van der Waals surface area contributed by atoms with E-state index in [1.807, 2.05) is 18.2 Å². The van der Waals surface area contributed by atoms with E-state index in [-0.39, 0.29) is 12.5 Å². The van der Waals surface area contributed by atoms with Gasteiger partial charge >= 0.3 is 18.3 Å². The molecule has 0 aromatic heterocycles. The molecule has 0 saturated heterocycles. The first-order chi connectivity index (χ1) is 15.3. The van der Waals surface area contributed by atoms with Crippen LogP contribution in [0.25, 0.3) is 10.8 Å². The van der Waals surface area contributed by atoms with Crippen molar-refractivity contribution >= 4 is 22.6 Å². The van der Waals surface area contributed by atoms with E-state index < -0.39 is 53.4 Å². The Morgan fingerprint density at radius 2 is 1.36 bits per heavy atom. The first kappa shape index (κ1) is 24.1. The van der Waals surface area contributed by atoms with E-state index >= 15 is 0 Å². The lowest BCUT2D eigenvalue weighted by Gasteiger charge is -2.17. The van der Waals surface area contributed by atoms with Crippen molar-refractivity contribution in [3.8, 4) is 0 Å². The minimum absolute atomic E-state index is 0.0405. The second kappa shape index (κ2) is 9.13. The van der Waals surface area contributed by atoms with Crippen molar-refractivity contribution in [2.75, 3.05) is 0 Å². The third-order valence-electron chi connectivity index (χ3n) is 4.90. The van der Waals surface area contributed by atoms with Gasteiger partial charge in [-0.25, -0.2) is 4.79 Å². The number of nitrogens with one attached hydrogen (secondary N) is 1. The fourth-order valence-corrected chi connectivity index (χ4v) is 3.35. The van der Waals surface area contributed by atoms with Crippen molar-refractivity contribution < 1.29 is 41.0 Å². The van der Waals surface area contributed by atoms with Crippen LogP contribution in [0, 0.1) is 0 Å². The number of aliphatic carboxylic acids is 1. The summed E-state index contributed by atoms with van der Waals surface area (Å²) in [6, 6.07) is 11.9. The average Bonchev–Trinajstić information content (AvgIpc) is 2.71. The number of halogens is 6.